The van der Waals surface area contributed by atoms with Gasteiger partial charge in [-0.3, -0.25) is 15.0 Å². The fourth-order valence-corrected chi connectivity index (χ4v) is 5.15. The molecule has 1 aliphatic heterocycles. The normalized spacial score (nSPS) is 13.2. The summed E-state index contributed by atoms with van der Waals surface area (Å²) >= 11 is 0. The van der Waals surface area contributed by atoms with E-state index < -0.39 is 4.92 Å². The lowest BCUT2D eigenvalue weighted by Crippen LogP contribution is -2.33. The van der Waals surface area contributed by atoms with Crippen molar-refractivity contribution in [3.63, 3.8) is 0 Å². The fourth-order valence-electron chi connectivity index (χ4n) is 5.15. The minimum atomic E-state index is -0.464. The maximum absolute atomic E-state index is 11.8. The molecule has 3 aromatic carbocycles. The topological polar surface area (TPSA) is 137 Å². The summed E-state index contributed by atoms with van der Waals surface area (Å²) in [6, 6.07) is 23.5. The summed E-state index contributed by atoms with van der Waals surface area (Å²) in [6.45, 7) is 3.32. The maximum Gasteiger partial charge on any atom is 0.310 e. The minimum absolute atomic E-state index is 0.0471. The van der Waals surface area contributed by atoms with E-state index >= 15 is 0 Å². The molecular formula is C33H33N5O5. The van der Waals surface area contributed by atoms with Crippen molar-refractivity contribution in [2.24, 2.45) is 0 Å². The number of nitriles is 1. The Hall–Kier alpha value is -5.14. The number of hydrogen-bond acceptors (Lipinski definition) is 9. The van der Waals surface area contributed by atoms with Crippen molar-refractivity contribution in [1.82, 2.24) is 9.88 Å². The third kappa shape index (κ3) is 7.02. The number of anilines is 1. The van der Waals surface area contributed by atoms with Crippen LogP contribution in [0.5, 0.6) is 17.2 Å². The number of nitrogens with two attached hydrogens (primary N) is 1. The molecule has 0 saturated carbocycles. The molecule has 5 rings (SSSR count). The number of nitrogen functional groups attached to an aromatic ring is 1. The molecule has 2 heterocycles. The largest absolute Gasteiger partial charge is 0.497 e. The second-order valence-corrected chi connectivity index (χ2v) is 10.3. The van der Waals surface area contributed by atoms with Gasteiger partial charge in [0.25, 0.3) is 0 Å². The molecule has 2 N–H and O–H groups in total. The average Bonchev–Trinajstić information content (AvgIpc) is 3.04. The highest BCUT2D eigenvalue weighted by Crippen LogP contribution is 2.38. The van der Waals surface area contributed by atoms with Gasteiger partial charge in [-0.25, -0.2) is 4.98 Å². The van der Waals surface area contributed by atoms with Crippen molar-refractivity contribution in [1.29, 1.82) is 5.26 Å². The molecule has 10 nitrogen and oxygen atoms in total. The summed E-state index contributed by atoms with van der Waals surface area (Å²) in [5.41, 5.74) is 9.53. The number of methoxy groups -OCH3 is 1. The van der Waals surface area contributed by atoms with Gasteiger partial charge in [-0.05, 0) is 79.5 Å². The van der Waals surface area contributed by atoms with E-state index in [0.29, 0.717) is 47.9 Å². The van der Waals surface area contributed by atoms with Crippen LogP contribution in [0.2, 0.25) is 0 Å². The van der Waals surface area contributed by atoms with E-state index in [2.05, 4.69) is 16.0 Å². The van der Waals surface area contributed by atoms with Crippen LogP contribution >= 0.6 is 0 Å². The standard InChI is InChI=1S/C33H33N5O5/c1-41-25-12-9-23(10-13-25)22-43-31-8-4-3-7-26(31)29-20-27(28(21-34)33(35)36-29)24-11-14-30(38(39)40)32(19-24)42-18-17-37-15-5-2-6-16-37/h3-4,7-14,19-20H,2,5-6,15-18,22H2,1H3,(H2,35,36). The van der Waals surface area contributed by atoms with Gasteiger partial charge in [0.05, 0.1) is 17.7 Å². The predicted molar refractivity (Wildman–Crippen MR) is 164 cm³/mol. The number of rotatable bonds is 11. The molecule has 43 heavy (non-hydrogen) atoms. The molecule has 1 fully saturated rings. The van der Waals surface area contributed by atoms with Crippen molar-refractivity contribution in [2.45, 2.75) is 25.9 Å². The Morgan fingerprint density at radius 3 is 2.47 bits per heavy atom. The van der Waals surface area contributed by atoms with Gasteiger partial charge in [-0.2, -0.15) is 5.26 Å². The first-order valence-electron chi connectivity index (χ1n) is 14.2. The van der Waals surface area contributed by atoms with Crippen molar-refractivity contribution < 1.29 is 19.1 Å². The van der Waals surface area contributed by atoms with Gasteiger partial charge in [0.2, 0.25) is 0 Å². The number of hydrogen-bond donors (Lipinski definition) is 1. The predicted octanol–water partition coefficient (Wildman–Crippen LogP) is 6.23. The van der Waals surface area contributed by atoms with E-state index in [9.17, 15) is 15.4 Å². The Kier molecular flexibility index (Phi) is 9.34. The zero-order valence-corrected chi connectivity index (χ0v) is 24.0. The Morgan fingerprint density at radius 1 is 0.977 bits per heavy atom. The molecular weight excluding hydrogens is 546 g/mol. The molecule has 0 bridgehead atoms. The van der Waals surface area contributed by atoms with Crippen LogP contribution in [0, 0.1) is 21.4 Å². The average molecular weight is 580 g/mol. The van der Waals surface area contributed by atoms with Crippen molar-refractivity contribution in [3.05, 3.63) is 94.0 Å². The van der Waals surface area contributed by atoms with Gasteiger partial charge >= 0.3 is 5.69 Å². The number of ether oxygens (including phenoxy) is 3. The summed E-state index contributed by atoms with van der Waals surface area (Å²) in [5.74, 6) is 1.54. The number of benzene rings is 3. The third-order valence-electron chi connectivity index (χ3n) is 7.46. The van der Waals surface area contributed by atoms with Crippen LogP contribution in [0.3, 0.4) is 0 Å². The third-order valence-corrected chi connectivity index (χ3v) is 7.46. The second kappa shape index (κ2) is 13.7. The Morgan fingerprint density at radius 2 is 1.74 bits per heavy atom. The number of piperidine rings is 1. The molecule has 1 aliphatic rings. The molecule has 1 saturated heterocycles. The zero-order chi connectivity index (χ0) is 30.2. The second-order valence-electron chi connectivity index (χ2n) is 10.3. The fraction of sp³-hybridized carbons (Fsp3) is 0.273. The Labute approximate surface area is 250 Å². The molecule has 0 aliphatic carbocycles. The van der Waals surface area contributed by atoms with E-state index in [0.717, 1.165) is 37.2 Å². The molecule has 0 unspecified atom stereocenters. The smallest absolute Gasteiger partial charge is 0.310 e. The van der Waals surface area contributed by atoms with Gasteiger partial charge in [0, 0.05) is 23.7 Å². The SMILES string of the molecule is COc1ccc(COc2ccccc2-c2cc(-c3ccc([N+](=O)[O-])c(OCCN4CCCCC4)c3)c(C#N)c(N)n2)cc1. The number of para-hydroxylation sites is 1. The molecule has 0 radical (unpaired) electrons. The molecule has 220 valence electrons. The molecule has 4 aromatic rings. The number of nitro benzene ring substituents is 1. The van der Waals surface area contributed by atoms with Crippen LogP contribution in [-0.2, 0) is 6.61 Å². The van der Waals surface area contributed by atoms with E-state index in [1.807, 2.05) is 48.5 Å². The lowest BCUT2D eigenvalue weighted by Gasteiger charge is -2.26. The lowest BCUT2D eigenvalue weighted by molar-refractivity contribution is -0.385. The number of likely N-dealkylation sites (tertiary alicyclic amines) is 1. The first-order valence-corrected chi connectivity index (χ1v) is 14.2. The van der Waals surface area contributed by atoms with Crippen LogP contribution in [0.25, 0.3) is 22.4 Å². The number of nitrogens with zero attached hydrogens (tertiary/aromatic N) is 4. The van der Waals surface area contributed by atoms with E-state index in [4.69, 9.17) is 19.9 Å². The lowest BCUT2D eigenvalue weighted by atomic mass is 9.97. The first kappa shape index (κ1) is 29.4. The summed E-state index contributed by atoms with van der Waals surface area (Å²) in [4.78, 5) is 18.2. The van der Waals surface area contributed by atoms with Crippen LogP contribution in [0.15, 0.2) is 72.8 Å². The summed E-state index contributed by atoms with van der Waals surface area (Å²) in [7, 11) is 1.62. The monoisotopic (exact) mass is 579 g/mol. The molecule has 0 atom stereocenters. The van der Waals surface area contributed by atoms with Crippen molar-refractivity contribution >= 4 is 11.5 Å². The number of aromatic nitrogens is 1. The minimum Gasteiger partial charge on any atom is -0.497 e. The first-order chi connectivity index (χ1) is 21.0. The van der Waals surface area contributed by atoms with E-state index in [1.54, 1.807) is 25.3 Å². The van der Waals surface area contributed by atoms with Crippen molar-refractivity contribution in [3.8, 4) is 45.7 Å². The van der Waals surface area contributed by atoms with Gasteiger partial charge < -0.3 is 19.9 Å². The summed E-state index contributed by atoms with van der Waals surface area (Å²) < 4.78 is 17.3. The quantitative estimate of drug-likeness (QED) is 0.162. The van der Waals surface area contributed by atoms with Gasteiger partial charge in [-0.15, -0.1) is 0 Å². The zero-order valence-electron chi connectivity index (χ0n) is 24.0. The van der Waals surface area contributed by atoms with Gasteiger partial charge in [-0.1, -0.05) is 30.7 Å². The molecule has 0 spiro atoms. The highest BCUT2D eigenvalue weighted by Gasteiger charge is 2.21. The van der Waals surface area contributed by atoms with Gasteiger partial charge in [0.15, 0.2) is 5.75 Å². The summed E-state index contributed by atoms with van der Waals surface area (Å²) in [6.07, 6.45) is 3.52. The molecule has 1 aromatic heterocycles. The van der Waals surface area contributed by atoms with Gasteiger partial charge in [0.1, 0.15) is 42.2 Å². The van der Waals surface area contributed by atoms with Crippen LogP contribution in [0.1, 0.15) is 30.4 Å². The molecule has 10 heteroatoms. The Balaban J connectivity index is 1.45. The highest BCUT2D eigenvalue weighted by molar-refractivity contribution is 5.82. The van der Waals surface area contributed by atoms with Crippen LogP contribution < -0.4 is 19.9 Å². The van der Waals surface area contributed by atoms with Crippen LogP contribution in [0.4, 0.5) is 11.5 Å². The van der Waals surface area contributed by atoms with E-state index in [1.165, 1.54) is 12.5 Å². The summed E-state index contributed by atoms with van der Waals surface area (Å²) in [5, 5.41) is 21.8. The maximum atomic E-state index is 11.8. The number of pyridine rings is 1. The Bertz CT molecular complexity index is 1630. The highest BCUT2D eigenvalue weighted by atomic mass is 16.6. The van der Waals surface area contributed by atoms with Crippen LogP contribution in [-0.4, -0.2) is 48.2 Å². The van der Waals surface area contributed by atoms with Crippen molar-refractivity contribution in [2.75, 3.05) is 39.1 Å². The number of nitro groups is 1. The molecule has 0 amide bonds. The van der Waals surface area contributed by atoms with E-state index in [-0.39, 0.29) is 22.8 Å².